The molecule has 3 heterocycles. The predicted octanol–water partition coefficient (Wildman–Crippen LogP) is 3.46. The average molecular weight is 385 g/mol. The third-order valence-electron chi connectivity index (χ3n) is 5.37. The summed E-state index contributed by atoms with van der Waals surface area (Å²) in [4.78, 5) is 25.2. The molecule has 0 atom stereocenters. The Morgan fingerprint density at radius 1 is 1.18 bits per heavy atom. The standard InChI is InChI=1S/C20H27N5O3/c1-14(2)19-22-18(23-28-19)15-7-8-17(21-13-15)24-9-11-25(12-10-24)20(26)27-16-5-3-4-6-16/h7-8,13-14,16H,3-6,9-12H2,1-2H3. The molecule has 0 radical (unpaired) electrons. The second kappa shape index (κ2) is 8.16. The molecular formula is C20H27N5O3. The second-order valence-corrected chi connectivity index (χ2v) is 7.78. The van der Waals surface area contributed by atoms with Crippen LogP contribution in [-0.2, 0) is 4.74 Å². The molecule has 1 saturated heterocycles. The highest BCUT2D eigenvalue weighted by Crippen LogP contribution is 2.23. The van der Waals surface area contributed by atoms with E-state index in [4.69, 9.17) is 9.26 Å². The molecule has 28 heavy (non-hydrogen) atoms. The number of amides is 1. The topological polar surface area (TPSA) is 84.6 Å². The van der Waals surface area contributed by atoms with E-state index >= 15 is 0 Å². The van der Waals surface area contributed by atoms with Crippen LogP contribution in [0, 0.1) is 0 Å². The maximum atomic E-state index is 12.3. The van der Waals surface area contributed by atoms with Crippen molar-refractivity contribution in [1.82, 2.24) is 20.0 Å². The van der Waals surface area contributed by atoms with E-state index in [2.05, 4.69) is 20.0 Å². The van der Waals surface area contributed by atoms with Crippen LogP contribution in [0.2, 0.25) is 0 Å². The minimum atomic E-state index is -0.173. The van der Waals surface area contributed by atoms with Gasteiger partial charge in [-0.2, -0.15) is 4.98 Å². The second-order valence-electron chi connectivity index (χ2n) is 7.78. The maximum Gasteiger partial charge on any atom is 0.410 e. The molecule has 2 aromatic heterocycles. The average Bonchev–Trinajstić information content (AvgIpc) is 3.40. The normalized spacial score (nSPS) is 18.1. The van der Waals surface area contributed by atoms with Gasteiger partial charge in [0.1, 0.15) is 11.9 Å². The summed E-state index contributed by atoms with van der Waals surface area (Å²) in [6.07, 6.45) is 6.04. The number of pyridine rings is 1. The van der Waals surface area contributed by atoms with E-state index in [9.17, 15) is 4.79 Å². The minimum Gasteiger partial charge on any atom is -0.446 e. The zero-order chi connectivity index (χ0) is 19.5. The minimum absolute atomic E-state index is 0.112. The fourth-order valence-corrected chi connectivity index (χ4v) is 3.63. The lowest BCUT2D eigenvalue weighted by Crippen LogP contribution is -2.49. The van der Waals surface area contributed by atoms with Crippen LogP contribution in [0.3, 0.4) is 0 Å². The van der Waals surface area contributed by atoms with Gasteiger partial charge in [0.15, 0.2) is 0 Å². The molecule has 8 nitrogen and oxygen atoms in total. The molecular weight excluding hydrogens is 358 g/mol. The smallest absolute Gasteiger partial charge is 0.410 e. The first-order valence-electron chi connectivity index (χ1n) is 10.1. The van der Waals surface area contributed by atoms with Crippen molar-refractivity contribution in [1.29, 1.82) is 0 Å². The van der Waals surface area contributed by atoms with Crippen LogP contribution in [0.25, 0.3) is 11.4 Å². The summed E-state index contributed by atoms with van der Waals surface area (Å²) in [5.41, 5.74) is 0.832. The van der Waals surface area contributed by atoms with Crippen LogP contribution in [0.4, 0.5) is 10.6 Å². The summed E-state index contributed by atoms with van der Waals surface area (Å²) >= 11 is 0. The van der Waals surface area contributed by atoms with Crippen LogP contribution in [-0.4, -0.2) is 58.4 Å². The summed E-state index contributed by atoms with van der Waals surface area (Å²) in [6.45, 7) is 6.82. The number of carbonyl (C=O) groups excluding carboxylic acids is 1. The van der Waals surface area contributed by atoms with Crippen molar-refractivity contribution in [2.45, 2.75) is 51.6 Å². The first-order chi connectivity index (χ1) is 13.6. The number of anilines is 1. The Hall–Kier alpha value is -2.64. The predicted molar refractivity (Wildman–Crippen MR) is 104 cm³/mol. The van der Waals surface area contributed by atoms with Crippen molar-refractivity contribution >= 4 is 11.9 Å². The molecule has 0 aromatic carbocycles. The van der Waals surface area contributed by atoms with Gasteiger partial charge in [0, 0.05) is 43.9 Å². The van der Waals surface area contributed by atoms with Gasteiger partial charge in [0.25, 0.3) is 0 Å². The van der Waals surface area contributed by atoms with Crippen LogP contribution < -0.4 is 4.90 Å². The van der Waals surface area contributed by atoms with Crippen molar-refractivity contribution < 1.29 is 14.1 Å². The quantitative estimate of drug-likeness (QED) is 0.797. The molecule has 1 amide bonds. The summed E-state index contributed by atoms with van der Waals surface area (Å²) in [7, 11) is 0. The highest BCUT2D eigenvalue weighted by atomic mass is 16.6. The molecule has 2 fully saturated rings. The van der Waals surface area contributed by atoms with Crippen molar-refractivity contribution in [2.24, 2.45) is 0 Å². The molecule has 1 aliphatic carbocycles. The molecule has 2 aliphatic rings. The van der Waals surface area contributed by atoms with Crippen LogP contribution in [0.5, 0.6) is 0 Å². The first-order valence-corrected chi connectivity index (χ1v) is 10.1. The molecule has 1 aliphatic heterocycles. The monoisotopic (exact) mass is 385 g/mol. The van der Waals surface area contributed by atoms with Crippen LogP contribution >= 0.6 is 0 Å². The Balaban J connectivity index is 1.32. The number of aromatic nitrogens is 3. The Bertz CT molecular complexity index is 790. The Morgan fingerprint density at radius 3 is 2.54 bits per heavy atom. The molecule has 0 unspecified atom stereocenters. The molecule has 0 bridgehead atoms. The van der Waals surface area contributed by atoms with Gasteiger partial charge in [-0.05, 0) is 37.8 Å². The van der Waals surface area contributed by atoms with Crippen molar-refractivity contribution in [2.75, 3.05) is 31.1 Å². The zero-order valence-electron chi connectivity index (χ0n) is 16.5. The number of carbonyl (C=O) groups is 1. The fourth-order valence-electron chi connectivity index (χ4n) is 3.63. The van der Waals surface area contributed by atoms with Gasteiger partial charge in [0.05, 0.1) is 0 Å². The molecule has 2 aromatic rings. The van der Waals surface area contributed by atoms with Gasteiger partial charge >= 0.3 is 6.09 Å². The number of piperazine rings is 1. The number of hydrogen-bond acceptors (Lipinski definition) is 7. The molecule has 8 heteroatoms. The van der Waals surface area contributed by atoms with Gasteiger partial charge in [-0.3, -0.25) is 0 Å². The van der Waals surface area contributed by atoms with Crippen molar-refractivity contribution in [3.8, 4) is 11.4 Å². The fraction of sp³-hybridized carbons (Fsp3) is 0.600. The molecule has 0 N–H and O–H groups in total. The molecule has 0 spiro atoms. The number of nitrogens with zero attached hydrogens (tertiary/aromatic N) is 5. The summed E-state index contributed by atoms with van der Waals surface area (Å²) in [5.74, 6) is 2.27. The lowest BCUT2D eigenvalue weighted by molar-refractivity contribution is 0.0638. The van der Waals surface area contributed by atoms with E-state index in [1.807, 2.05) is 26.0 Å². The largest absolute Gasteiger partial charge is 0.446 e. The van der Waals surface area contributed by atoms with Gasteiger partial charge < -0.3 is 19.1 Å². The van der Waals surface area contributed by atoms with Crippen LogP contribution in [0.15, 0.2) is 22.9 Å². The van der Waals surface area contributed by atoms with Crippen LogP contribution in [0.1, 0.15) is 51.3 Å². The van der Waals surface area contributed by atoms with Crippen molar-refractivity contribution in [3.05, 3.63) is 24.2 Å². The summed E-state index contributed by atoms with van der Waals surface area (Å²) in [6, 6.07) is 3.92. The third kappa shape index (κ3) is 4.10. The van der Waals surface area contributed by atoms with E-state index in [0.29, 0.717) is 24.8 Å². The summed E-state index contributed by atoms with van der Waals surface area (Å²) in [5, 5.41) is 4.02. The summed E-state index contributed by atoms with van der Waals surface area (Å²) < 4.78 is 10.9. The van der Waals surface area contributed by atoms with Gasteiger partial charge in [0.2, 0.25) is 11.7 Å². The Labute approximate surface area is 164 Å². The first kappa shape index (κ1) is 18.7. The van der Waals surface area contributed by atoms with E-state index in [1.165, 1.54) is 0 Å². The van der Waals surface area contributed by atoms with Crippen molar-refractivity contribution in [3.63, 3.8) is 0 Å². The van der Waals surface area contributed by atoms with Gasteiger partial charge in [-0.1, -0.05) is 19.0 Å². The third-order valence-corrected chi connectivity index (χ3v) is 5.37. The van der Waals surface area contributed by atoms with E-state index in [-0.39, 0.29) is 18.1 Å². The lowest BCUT2D eigenvalue weighted by atomic mass is 10.2. The van der Waals surface area contributed by atoms with Gasteiger partial charge in [-0.15, -0.1) is 0 Å². The van der Waals surface area contributed by atoms with E-state index in [1.54, 1.807) is 11.1 Å². The van der Waals surface area contributed by atoms with E-state index < -0.39 is 0 Å². The number of rotatable bonds is 4. The molecule has 150 valence electrons. The lowest BCUT2D eigenvalue weighted by Gasteiger charge is -2.35. The molecule has 1 saturated carbocycles. The molecule has 4 rings (SSSR count). The zero-order valence-corrected chi connectivity index (χ0v) is 16.5. The Kier molecular flexibility index (Phi) is 5.45. The SMILES string of the molecule is CC(C)c1nc(-c2ccc(N3CCN(C(=O)OC4CCCC4)CC3)nc2)no1. The number of ether oxygens (including phenoxy) is 1. The van der Waals surface area contributed by atoms with E-state index in [0.717, 1.165) is 50.2 Å². The van der Waals surface area contributed by atoms with Gasteiger partial charge in [-0.25, -0.2) is 9.78 Å². The highest BCUT2D eigenvalue weighted by Gasteiger charge is 2.26. The number of hydrogen-bond donors (Lipinski definition) is 0. The maximum absolute atomic E-state index is 12.3. The Morgan fingerprint density at radius 2 is 1.93 bits per heavy atom. The highest BCUT2D eigenvalue weighted by molar-refractivity contribution is 5.68.